The smallest absolute Gasteiger partial charge is 0.287 e. The molecule has 0 radical (unpaired) electrons. The van der Waals surface area contributed by atoms with Crippen LogP contribution in [0.5, 0.6) is 5.75 Å². The lowest BCUT2D eigenvalue weighted by Crippen LogP contribution is -2.43. The summed E-state index contributed by atoms with van der Waals surface area (Å²) in [5.41, 5.74) is 10.4. The van der Waals surface area contributed by atoms with Crippen molar-refractivity contribution in [2.24, 2.45) is 22.1 Å². The molecule has 5 nitrogen and oxygen atoms in total. The molecule has 1 aliphatic carbocycles. The van der Waals surface area contributed by atoms with E-state index in [-0.39, 0.29) is 12.0 Å². The van der Waals surface area contributed by atoms with Crippen molar-refractivity contribution in [3.63, 3.8) is 0 Å². The molecule has 5 rings (SSSR count). The highest BCUT2D eigenvalue weighted by molar-refractivity contribution is 7.76. The van der Waals surface area contributed by atoms with Gasteiger partial charge in [-0.15, -0.1) is 0 Å². The number of rotatable bonds is 1. The van der Waals surface area contributed by atoms with E-state index in [4.69, 9.17) is 26.8 Å². The predicted molar refractivity (Wildman–Crippen MR) is 161 cm³/mol. The third-order valence-electron chi connectivity index (χ3n) is 8.32. The second-order valence-corrected chi connectivity index (χ2v) is 13.0. The highest BCUT2D eigenvalue weighted by Gasteiger charge is 2.38. The summed E-state index contributed by atoms with van der Waals surface area (Å²) in [6.45, 7) is 4.35. The van der Waals surface area contributed by atoms with E-state index >= 15 is 0 Å². The summed E-state index contributed by atoms with van der Waals surface area (Å²) in [4.78, 5) is 15.6. The van der Waals surface area contributed by atoms with Crippen molar-refractivity contribution in [3.05, 3.63) is 70.3 Å². The van der Waals surface area contributed by atoms with Crippen LogP contribution in [0.4, 0.5) is 5.69 Å². The molecular weight excluding hydrogens is 528 g/mol. The molecule has 0 unspecified atom stereocenters. The molecule has 0 aromatic heterocycles. The number of fused-ring (bicyclic) bond motifs is 3. The molecule has 1 amide bonds. The molecule has 3 aliphatic rings. The summed E-state index contributed by atoms with van der Waals surface area (Å²) in [5, 5.41) is 0.767. The molecule has 39 heavy (non-hydrogen) atoms. The van der Waals surface area contributed by atoms with Crippen LogP contribution in [0.2, 0.25) is 5.02 Å². The molecule has 1 fully saturated rings. The first-order valence-corrected chi connectivity index (χ1v) is 15.9. The molecule has 0 saturated heterocycles. The van der Waals surface area contributed by atoms with E-state index in [1.165, 1.54) is 11.1 Å². The van der Waals surface area contributed by atoms with Crippen LogP contribution in [0.25, 0.3) is 0 Å². The van der Waals surface area contributed by atoms with Gasteiger partial charge in [-0.05, 0) is 97.7 Å². The third-order valence-corrected chi connectivity index (χ3v) is 9.87. The molecular formula is C32H39ClN2O3S. The first-order valence-electron chi connectivity index (χ1n) is 14.1. The largest absolute Gasteiger partial charge is 0.491 e. The van der Waals surface area contributed by atoms with Crippen LogP contribution in [0.1, 0.15) is 60.5 Å². The number of aryl methyl sites for hydroxylation is 1. The number of benzene rings is 2. The highest BCUT2D eigenvalue weighted by Crippen LogP contribution is 2.42. The number of methoxy groups -OCH3 is 1. The van der Waals surface area contributed by atoms with Gasteiger partial charge < -0.3 is 14.4 Å². The fraction of sp³-hybridized carbons (Fsp3) is 0.500. The Morgan fingerprint density at radius 1 is 1.15 bits per heavy atom. The molecule has 1 saturated carbocycles. The summed E-state index contributed by atoms with van der Waals surface area (Å²) >= 11 is 6.42. The highest BCUT2D eigenvalue weighted by atomic mass is 35.5. The lowest BCUT2D eigenvalue weighted by atomic mass is 9.70. The molecule has 208 valence electrons. The zero-order valence-electron chi connectivity index (χ0n) is 23.0. The maximum atomic E-state index is 13.2. The first-order chi connectivity index (χ1) is 18.9. The van der Waals surface area contributed by atoms with E-state index in [2.05, 4.69) is 40.5 Å². The van der Waals surface area contributed by atoms with E-state index in [9.17, 15) is 4.79 Å². The van der Waals surface area contributed by atoms with Gasteiger partial charge in [0.25, 0.3) is 5.91 Å². The number of allylic oxidation sites excluding steroid dienone is 1. The molecule has 0 spiro atoms. The minimum Gasteiger partial charge on any atom is -0.491 e. The van der Waals surface area contributed by atoms with Crippen LogP contribution in [0, 0.1) is 23.4 Å². The van der Waals surface area contributed by atoms with E-state index in [0.717, 1.165) is 61.5 Å². The van der Waals surface area contributed by atoms with Crippen molar-refractivity contribution in [2.75, 3.05) is 30.9 Å². The second-order valence-electron chi connectivity index (χ2n) is 11.2. The zero-order valence-corrected chi connectivity index (χ0v) is 24.6. The Balaban J connectivity index is 1.60. The van der Waals surface area contributed by atoms with Gasteiger partial charge in [0, 0.05) is 36.5 Å². The number of nitrogens with zero attached hydrogens (tertiary/aromatic N) is 2. The average molecular weight is 567 g/mol. The lowest BCUT2D eigenvalue weighted by molar-refractivity contribution is 0.0133. The van der Waals surface area contributed by atoms with Crippen LogP contribution >= 0.6 is 11.6 Å². The van der Waals surface area contributed by atoms with Crippen LogP contribution < -0.4 is 9.64 Å². The fourth-order valence-corrected chi connectivity index (χ4v) is 7.30. The summed E-state index contributed by atoms with van der Waals surface area (Å²) in [6.07, 6.45) is 10.7. The van der Waals surface area contributed by atoms with Gasteiger partial charge in [0.05, 0.1) is 18.4 Å². The standard InChI is InChI=1S/C32H39ClN2O3S/c1-22-7-6-9-30(37-2)28-14-11-26(28)20-35-19-25-10-13-27(33)17-23(25)8-4-5-16-38-31-15-12-24(18-29(31)35)32(36)34-39(3)21-22/h3,6,9-10,12-13,15,17-18,22,26,28,30H,4-5,7-8,11,14,16,19-21H2,1-2H3/b9-6+/t22-,26-,28+,30-/m0/s1. The molecule has 0 N–H and O–H groups in total. The quantitative estimate of drug-likeness (QED) is 0.342. The molecule has 2 aromatic rings. The molecule has 4 atom stereocenters. The fourth-order valence-electron chi connectivity index (χ4n) is 5.99. The number of carbonyl (C=O) groups is 1. The summed E-state index contributed by atoms with van der Waals surface area (Å²) in [6, 6.07) is 12.0. The number of ether oxygens (including phenoxy) is 2. The van der Waals surface area contributed by atoms with Crippen molar-refractivity contribution in [1.82, 2.24) is 0 Å². The summed E-state index contributed by atoms with van der Waals surface area (Å²) < 4.78 is 16.7. The van der Waals surface area contributed by atoms with E-state index in [1.807, 2.05) is 31.4 Å². The Labute approximate surface area is 239 Å². The predicted octanol–water partition coefficient (Wildman–Crippen LogP) is 7.23. The average Bonchev–Trinajstić information content (AvgIpc) is 2.92. The van der Waals surface area contributed by atoms with Crippen molar-refractivity contribution in [3.8, 4) is 11.4 Å². The SMILES string of the molecule is C#S1=N\C(=O)c2ccc3c(c2)N(Cc2ccc(Cl)cc2CCCCO3)C[C@@H]2CC[C@H]2[C@@H](OC)/C=C/C[C@H](C)C/1. The van der Waals surface area contributed by atoms with Gasteiger partial charge in [0.2, 0.25) is 0 Å². The number of hydrogen-bond donors (Lipinski definition) is 0. The first kappa shape index (κ1) is 28.0. The Bertz CT molecular complexity index is 1370. The molecule has 2 aromatic carbocycles. The summed E-state index contributed by atoms with van der Waals surface area (Å²) in [5.74, 6) is 2.48. The topological polar surface area (TPSA) is 51.1 Å². The van der Waals surface area contributed by atoms with Gasteiger partial charge in [-0.25, -0.2) is 0 Å². The van der Waals surface area contributed by atoms with Crippen molar-refractivity contribution >= 4 is 33.3 Å². The molecule has 7 heteroatoms. The van der Waals surface area contributed by atoms with Crippen LogP contribution in [-0.4, -0.2) is 38.0 Å². The number of halogens is 1. The minimum absolute atomic E-state index is 0.0864. The zero-order chi connectivity index (χ0) is 27.4. The van der Waals surface area contributed by atoms with Crippen LogP contribution in [-0.2, 0) is 27.8 Å². The van der Waals surface area contributed by atoms with E-state index < -0.39 is 10.1 Å². The van der Waals surface area contributed by atoms with Crippen molar-refractivity contribution in [2.45, 2.75) is 58.1 Å². The van der Waals surface area contributed by atoms with Crippen molar-refractivity contribution < 1.29 is 14.3 Å². The number of amides is 1. The lowest BCUT2D eigenvalue weighted by Gasteiger charge is -2.43. The second kappa shape index (κ2) is 12.8. The Morgan fingerprint density at radius 2 is 2.03 bits per heavy atom. The minimum atomic E-state index is -0.839. The van der Waals surface area contributed by atoms with E-state index in [0.29, 0.717) is 42.2 Å². The van der Waals surface area contributed by atoms with E-state index in [1.54, 1.807) is 0 Å². The van der Waals surface area contributed by atoms with Gasteiger partial charge in [-0.1, -0.05) is 52.5 Å². The summed E-state index contributed by atoms with van der Waals surface area (Å²) in [7, 11) is 0.977. The molecule has 2 aliphatic heterocycles. The van der Waals surface area contributed by atoms with Gasteiger partial charge in [-0.2, -0.15) is 4.36 Å². The van der Waals surface area contributed by atoms with Crippen LogP contribution in [0.15, 0.2) is 52.9 Å². The number of anilines is 1. The van der Waals surface area contributed by atoms with Gasteiger partial charge in [-0.3, -0.25) is 4.79 Å². The molecule has 2 bridgehead atoms. The number of hydrogen-bond acceptors (Lipinski definition) is 4. The van der Waals surface area contributed by atoms with Gasteiger partial charge >= 0.3 is 0 Å². The molecule has 2 heterocycles. The maximum Gasteiger partial charge on any atom is 0.287 e. The van der Waals surface area contributed by atoms with Crippen molar-refractivity contribution in [1.29, 1.82) is 0 Å². The Morgan fingerprint density at radius 3 is 2.82 bits per heavy atom. The van der Waals surface area contributed by atoms with Gasteiger partial charge in [0.1, 0.15) is 5.75 Å². The third kappa shape index (κ3) is 6.81. The Kier molecular flexibility index (Phi) is 9.19. The normalized spacial score (nSPS) is 28.4. The Hall–Kier alpha value is -2.50. The monoisotopic (exact) mass is 566 g/mol. The maximum absolute atomic E-state index is 13.2. The number of carbonyl (C=O) groups excluding carboxylic acids is 1. The van der Waals surface area contributed by atoms with Crippen LogP contribution in [0.3, 0.4) is 0 Å². The van der Waals surface area contributed by atoms with Gasteiger partial charge in [0.15, 0.2) is 0 Å².